The molecule has 0 heterocycles. The summed E-state index contributed by atoms with van der Waals surface area (Å²) in [6.07, 6.45) is -4.50. The molecule has 6 heteroatoms. The third-order valence-corrected chi connectivity index (χ3v) is 2.34. The van der Waals surface area contributed by atoms with E-state index < -0.39 is 23.3 Å². The van der Waals surface area contributed by atoms with Crippen molar-refractivity contribution >= 4 is 5.97 Å². The lowest BCUT2D eigenvalue weighted by molar-refractivity contribution is -0.137. The average Bonchev–Trinajstić information content (AvgIpc) is 2.25. The van der Waals surface area contributed by atoms with Crippen molar-refractivity contribution in [1.82, 2.24) is 5.32 Å². The van der Waals surface area contributed by atoms with Gasteiger partial charge in [-0.25, -0.2) is 4.79 Å². The molecule has 0 aromatic heterocycles. The molecule has 1 aromatic rings. The Hall–Kier alpha value is -1.56. The quantitative estimate of drug-likeness (QED) is 0.867. The SMILES string of the molecule is CNCc1cc(C(=O)OC(C)(C)C)cc(C(F)(F)F)c1. The van der Waals surface area contributed by atoms with E-state index in [-0.39, 0.29) is 12.1 Å². The lowest BCUT2D eigenvalue weighted by Crippen LogP contribution is -2.24. The Morgan fingerprint density at radius 1 is 1.20 bits per heavy atom. The first kappa shape index (κ1) is 16.5. The molecule has 1 aromatic carbocycles. The molecule has 0 unspecified atom stereocenters. The number of hydrogen-bond acceptors (Lipinski definition) is 3. The zero-order valence-electron chi connectivity index (χ0n) is 11.9. The van der Waals surface area contributed by atoms with Crippen molar-refractivity contribution in [3.05, 3.63) is 34.9 Å². The first-order valence-corrected chi connectivity index (χ1v) is 6.12. The van der Waals surface area contributed by atoms with E-state index in [0.717, 1.165) is 12.1 Å². The molecule has 0 bridgehead atoms. The van der Waals surface area contributed by atoms with Crippen molar-refractivity contribution in [3.63, 3.8) is 0 Å². The van der Waals surface area contributed by atoms with Gasteiger partial charge in [-0.15, -0.1) is 0 Å². The third kappa shape index (κ3) is 4.85. The van der Waals surface area contributed by atoms with Gasteiger partial charge in [0.1, 0.15) is 5.60 Å². The van der Waals surface area contributed by atoms with Crippen molar-refractivity contribution < 1.29 is 22.7 Å². The highest BCUT2D eigenvalue weighted by Gasteiger charge is 2.32. The summed E-state index contributed by atoms with van der Waals surface area (Å²) in [6, 6.07) is 3.23. The standard InChI is InChI=1S/C14H18F3NO2/c1-13(2,3)20-12(19)10-5-9(8-18-4)6-11(7-10)14(15,16)17/h5-7,18H,8H2,1-4H3. The van der Waals surface area contributed by atoms with Crippen LogP contribution in [0.5, 0.6) is 0 Å². The number of rotatable bonds is 3. The third-order valence-electron chi connectivity index (χ3n) is 2.34. The summed E-state index contributed by atoms with van der Waals surface area (Å²) >= 11 is 0. The van der Waals surface area contributed by atoms with Crippen LogP contribution in [0.25, 0.3) is 0 Å². The van der Waals surface area contributed by atoms with Gasteiger partial charge in [-0.1, -0.05) is 0 Å². The first-order chi connectivity index (χ1) is 9.03. The van der Waals surface area contributed by atoms with Gasteiger partial charge in [0.15, 0.2) is 0 Å². The van der Waals surface area contributed by atoms with Crippen LogP contribution in [-0.2, 0) is 17.5 Å². The van der Waals surface area contributed by atoms with Crippen molar-refractivity contribution in [1.29, 1.82) is 0 Å². The maximum Gasteiger partial charge on any atom is 0.416 e. The number of nitrogens with one attached hydrogen (secondary N) is 1. The molecule has 1 N–H and O–H groups in total. The molecule has 0 spiro atoms. The van der Waals surface area contributed by atoms with Crippen molar-refractivity contribution in [2.24, 2.45) is 0 Å². The topological polar surface area (TPSA) is 38.3 Å². The van der Waals surface area contributed by atoms with Gasteiger partial charge in [-0.3, -0.25) is 0 Å². The molecule has 0 amide bonds. The van der Waals surface area contributed by atoms with Crippen molar-refractivity contribution in [2.45, 2.75) is 39.1 Å². The lowest BCUT2D eigenvalue weighted by atomic mass is 10.0. The minimum absolute atomic E-state index is 0.0972. The minimum atomic E-state index is -4.50. The Kier molecular flexibility index (Phi) is 4.81. The summed E-state index contributed by atoms with van der Waals surface area (Å²) < 4.78 is 43.5. The zero-order valence-corrected chi connectivity index (χ0v) is 11.9. The van der Waals surface area contributed by atoms with Gasteiger partial charge in [-0.2, -0.15) is 13.2 Å². The number of alkyl halides is 3. The van der Waals surface area contributed by atoms with Gasteiger partial charge in [0, 0.05) is 6.54 Å². The van der Waals surface area contributed by atoms with Crippen LogP contribution < -0.4 is 5.32 Å². The molecule has 20 heavy (non-hydrogen) atoms. The van der Waals surface area contributed by atoms with E-state index in [4.69, 9.17) is 4.74 Å². The Morgan fingerprint density at radius 3 is 2.25 bits per heavy atom. The summed E-state index contributed by atoms with van der Waals surface area (Å²) in [6.45, 7) is 5.22. The molecule has 0 saturated carbocycles. The summed E-state index contributed by atoms with van der Waals surface area (Å²) in [4.78, 5) is 11.9. The predicted molar refractivity (Wildman–Crippen MR) is 69.4 cm³/mol. The minimum Gasteiger partial charge on any atom is -0.456 e. The van der Waals surface area contributed by atoms with E-state index in [2.05, 4.69) is 5.32 Å². The van der Waals surface area contributed by atoms with Gasteiger partial charge in [0.05, 0.1) is 11.1 Å². The average molecular weight is 289 g/mol. The second kappa shape index (κ2) is 5.83. The smallest absolute Gasteiger partial charge is 0.416 e. The van der Waals surface area contributed by atoms with Crippen LogP contribution in [0, 0.1) is 0 Å². The number of esters is 1. The highest BCUT2D eigenvalue weighted by atomic mass is 19.4. The zero-order chi connectivity index (χ0) is 15.6. The maximum absolute atomic E-state index is 12.8. The van der Waals surface area contributed by atoms with Gasteiger partial charge >= 0.3 is 12.1 Å². The Labute approximate surface area is 116 Å². The number of carbonyl (C=O) groups excluding carboxylic acids is 1. The van der Waals surface area contributed by atoms with Crippen LogP contribution in [0.4, 0.5) is 13.2 Å². The largest absolute Gasteiger partial charge is 0.456 e. The van der Waals surface area contributed by atoms with E-state index in [1.165, 1.54) is 6.07 Å². The summed E-state index contributed by atoms with van der Waals surface area (Å²) in [5.74, 6) is -0.763. The van der Waals surface area contributed by atoms with Gasteiger partial charge in [0.25, 0.3) is 0 Å². The Bertz CT molecular complexity index is 490. The molecule has 3 nitrogen and oxygen atoms in total. The summed E-state index contributed by atoms with van der Waals surface area (Å²) in [7, 11) is 1.62. The fraction of sp³-hybridized carbons (Fsp3) is 0.500. The van der Waals surface area contributed by atoms with E-state index in [9.17, 15) is 18.0 Å². The highest BCUT2D eigenvalue weighted by molar-refractivity contribution is 5.90. The maximum atomic E-state index is 12.8. The van der Waals surface area contributed by atoms with E-state index in [1.54, 1.807) is 27.8 Å². The van der Waals surface area contributed by atoms with Crippen LogP contribution in [0.3, 0.4) is 0 Å². The molecule has 0 atom stereocenters. The van der Waals surface area contributed by atoms with Crippen LogP contribution >= 0.6 is 0 Å². The fourth-order valence-corrected chi connectivity index (χ4v) is 1.62. The second-order valence-electron chi connectivity index (χ2n) is 5.45. The fourth-order valence-electron chi connectivity index (χ4n) is 1.62. The lowest BCUT2D eigenvalue weighted by Gasteiger charge is -2.20. The summed E-state index contributed by atoms with van der Waals surface area (Å²) in [5.41, 5.74) is -1.33. The number of hydrogen-bond donors (Lipinski definition) is 1. The number of ether oxygens (including phenoxy) is 1. The van der Waals surface area contributed by atoms with Gasteiger partial charge < -0.3 is 10.1 Å². The molecule has 0 aliphatic carbocycles. The number of carbonyl (C=O) groups is 1. The Morgan fingerprint density at radius 2 is 1.80 bits per heavy atom. The second-order valence-corrected chi connectivity index (χ2v) is 5.45. The molecular formula is C14H18F3NO2. The van der Waals surface area contributed by atoms with Crippen LogP contribution in [0.15, 0.2) is 18.2 Å². The summed E-state index contributed by atoms with van der Waals surface area (Å²) in [5, 5.41) is 2.76. The highest BCUT2D eigenvalue weighted by Crippen LogP contribution is 2.31. The van der Waals surface area contributed by atoms with Crippen LogP contribution in [0.1, 0.15) is 42.3 Å². The first-order valence-electron chi connectivity index (χ1n) is 6.12. The number of benzene rings is 1. The normalized spacial score (nSPS) is 12.3. The molecule has 112 valence electrons. The van der Waals surface area contributed by atoms with Crippen LogP contribution in [-0.4, -0.2) is 18.6 Å². The van der Waals surface area contributed by atoms with E-state index in [0.29, 0.717) is 5.56 Å². The Balaban J connectivity index is 3.18. The van der Waals surface area contributed by atoms with Gasteiger partial charge in [0.2, 0.25) is 0 Å². The van der Waals surface area contributed by atoms with E-state index in [1.807, 2.05) is 0 Å². The molecule has 0 fully saturated rings. The number of halogens is 3. The van der Waals surface area contributed by atoms with E-state index >= 15 is 0 Å². The predicted octanol–water partition coefficient (Wildman–Crippen LogP) is 3.38. The molecule has 1 rings (SSSR count). The molecule has 0 radical (unpaired) electrons. The molecule has 0 aliphatic heterocycles. The molecular weight excluding hydrogens is 271 g/mol. The molecule has 0 saturated heterocycles. The van der Waals surface area contributed by atoms with Crippen molar-refractivity contribution in [2.75, 3.05) is 7.05 Å². The monoisotopic (exact) mass is 289 g/mol. The van der Waals surface area contributed by atoms with Crippen molar-refractivity contribution in [3.8, 4) is 0 Å². The van der Waals surface area contributed by atoms with Crippen LogP contribution in [0.2, 0.25) is 0 Å². The van der Waals surface area contributed by atoms with Gasteiger partial charge in [-0.05, 0) is 51.6 Å². The molecule has 0 aliphatic rings.